The molecule has 1 fully saturated rings. The number of carbonyl (C=O) groups excluding carboxylic acids is 1. The molecule has 1 atom stereocenters. The molecule has 0 aromatic heterocycles. The van der Waals surface area contributed by atoms with Gasteiger partial charge in [0.05, 0.1) is 5.92 Å². The molecule has 1 aliphatic carbocycles. The van der Waals surface area contributed by atoms with Crippen LogP contribution in [0.15, 0.2) is 24.3 Å². The topological polar surface area (TPSA) is 55.6 Å². The van der Waals surface area contributed by atoms with Crippen molar-refractivity contribution in [3.05, 3.63) is 29.8 Å². The first-order valence-electron chi connectivity index (χ1n) is 8.01. The molecule has 21 heavy (non-hydrogen) atoms. The Morgan fingerprint density at radius 2 is 2.14 bits per heavy atom. The van der Waals surface area contributed by atoms with Gasteiger partial charge in [0.25, 0.3) is 0 Å². The van der Waals surface area contributed by atoms with Gasteiger partial charge in [0, 0.05) is 12.6 Å². The van der Waals surface area contributed by atoms with Crippen LogP contribution in [0.1, 0.15) is 31.2 Å². The number of amides is 1. The number of benzene rings is 1. The highest BCUT2D eigenvalue weighted by Crippen LogP contribution is 2.31. The Morgan fingerprint density at radius 3 is 2.86 bits per heavy atom. The van der Waals surface area contributed by atoms with Gasteiger partial charge < -0.3 is 15.4 Å². The van der Waals surface area contributed by atoms with Crippen LogP contribution in [0, 0.1) is 5.92 Å². The molecule has 1 amide bonds. The first-order chi connectivity index (χ1) is 10.3. The van der Waals surface area contributed by atoms with Gasteiger partial charge in [-0.15, -0.1) is 0 Å². The van der Waals surface area contributed by atoms with Crippen LogP contribution in [0.25, 0.3) is 0 Å². The molecule has 4 heteroatoms. The minimum absolute atomic E-state index is 0.0433. The lowest BCUT2D eigenvalue weighted by Gasteiger charge is -2.40. The Labute approximate surface area is 126 Å². The lowest BCUT2D eigenvalue weighted by Crippen LogP contribution is -2.49. The summed E-state index contributed by atoms with van der Waals surface area (Å²) in [5, 5.41) is 0. The molecule has 1 aromatic rings. The van der Waals surface area contributed by atoms with Crippen LogP contribution in [0.2, 0.25) is 0 Å². The van der Waals surface area contributed by atoms with Crippen molar-refractivity contribution in [1.82, 2.24) is 4.90 Å². The van der Waals surface area contributed by atoms with Gasteiger partial charge in [0.1, 0.15) is 12.4 Å². The zero-order valence-corrected chi connectivity index (χ0v) is 12.5. The van der Waals surface area contributed by atoms with Crippen molar-refractivity contribution < 1.29 is 9.53 Å². The Balaban J connectivity index is 1.68. The highest BCUT2D eigenvalue weighted by molar-refractivity contribution is 5.80. The summed E-state index contributed by atoms with van der Waals surface area (Å²) >= 11 is 0. The number of hydrogen-bond acceptors (Lipinski definition) is 3. The van der Waals surface area contributed by atoms with Crippen LogP contribution < -0.4 is 10.5 Å². The second-order valence-electron chi connectivity index (χ2n) is 6.08. The van der Waals surface area contributed by atoms with Gasteiger partial charge in [-0.25, -0.2) is 0 Å². The maximum Gasteiger partial charge on any atom is 0.229 e. The Morgan fingerprint density at radius 1 is 1.33 bits per heavy atom. The molecule has 1 aliphatic heterocycles. The second-order valence-corrected chi connectivity index (χ2v) is 6.08. The zero-order valence-electron chi connectivity index (χ0n) is 12.5. The highest BCUT2D eigenvalue weighted by atomic mass is 16.5. The number of fused-ring (bicyclic) bond motifs is 1. The number of nitrogens with zero attached hydrogens (tertiary/aromatic N) is 1. The average molecular weight is 288 g/mol. The molecule has 1 aromatic carbocycles. The molecule has 3 rings (SSSR count). The molecule has 4 nitrogen and oxygen atoms in total. The fourth-order valence-corrected chi connectivity index (χ4v) is 3.15. The fraction of sp³-hybridized carbons (Fsp3) is 0.588. The van der Waals surface area contributed by atoms with Gasteiger partial charge >= 0.3 is 0 Å². The number of nitrogens with two attached hydrogens (primary N) is 1. The molecule has 0 bridgehead atoms. The summed E-state index contributed by atoms with van der Waals surface area (Å²) in [4.78, 5) is 14.9. The molecular weight excluding hydrogens is 264 g/mol. The van der Waals surface area contributed by atoms with Crippen LogP contribution >= 0.6 is 0 Å². The van der Waals surface area contributed by atoms with Crippen LogP contribution in [-0.4, -0.2) is 36.5 Å². The highest BCUT2D eigenvalue weighted by Gasteiger charge is 2.34. The van der Waals surface area contributed by atoms with E-state index in [0.717, 1.165) is 43.5 Å². The van der Waals surface area contributed by atoms with Gasteiger partial charge in [-0.1, -0.05) is 18.2 Å². The molecule has 1 unspecified atom stereocenters. The molecule has 0 spiro atoms. The number of carbonyl (C=O) groups is 1. The lowest BCUT2D eigenvalue weighted by atomic mass is 9.88. The fourth-order valence-electron chi connectivity index (χ4n) is 3.15. The summed E-state index contributed by atoms with van der Waals surface area (Å²) in [5.74, 6) is 1.14. The van der Waals surface area contributed by atoms with E-state index < -0.39 is 0 Å². The minimum Gasteiger partial charge on any atom is -0.492 e. The second kappa shape index (κ2) is 6.48. The Hall–Kier alpha value is -1.55. The van der Waals surface area contributed by atoms with Crippen LogP contribution in [0.4, 0.5) is 0 Å². The summed E-state index contributed by atoms with van der Waals surface area (Å²) in [6.45, 7) is 1.93. The van der Waals surface area contributed by atoms with Crippen molar-refractivity contribution in [2.45, 2.75) is 38.1 Å². The van der Waals surface area contributed by atoms with Gasteiger partial charge in [0.2, 0.25) is 5.91 Å². The predicted molar refractivity (Wildman–Crippen MR) is 82.2 cm³/mol. The number of hydrogen-bond donors (Lipinski definition) is 1. The van der Waals surface area contributed by atoms with Crippen LogP contribution in [0.5, 0.6) is 5.75 Å². The largest absolute Gasteiger partial charge is 0.492 e. The van der Waals surface area contributed by atoms with E-state index in [4.69, 9.17) is 10.5 Å². The Bertz CT molecular complexity index is 499. The summed E-state index contributed by atoms with van der Waals surface area (Å²) < 4.78 is 5.77. The number of rotatable bonds is 5. The quantitative estimate of drug-likeness (QED) is 0.901. The van der Waals surface area contributed by atoms with E-state index in [0.29, 0.717) is 19.2 Å². The van der Waals surface area contributed by atoms with E-state index in [1.807, 2.05) is 18.2 Å². The SMILES string of the molecule is NCCCN(C(=O)C1COc2ccccc2C1)C1CCC1. The van der Waals surface area contributed by atoms with E-state index in [9.17, 15) is 4.79 Å². The smallest absolute Gasteiger partial charge is 0.229 e. The molecule has 114 valence electrons. The summed E-state index contributed by atoms with van der Waals surface area (Å²) in [6, 6.07) is 8.45. The van der Waals surface area contributed by atoms with Crippen molar-refractivity contribution >= 4 is 5.91 Å². The van der Waals surface area contributed by atoms with E-state index in [2.05, 4.69) is 11.0 Å². The number of para-hydroxylation sites is 1. The van der Waals surface area contributed by atoms with E-state index in [1.165, 1.54) is 6.42 Å². The summed E-state index contributed by atoms with van der Waals surface area (Å²) in [5.41, 5.74) is 6.76. The zero-order chi connectivity index (χ0) is 14.7. The van der Waals surface area contributed by atoms with Crippen molar-refractivity contribution in [1.29, 1.82) is 0 Å². The van der Waals surface area contributed by atoms with E-state index in [1.54, 1.807) is 0 Å². The van der Waals surface area contributed by atoms with Gasteiger partial charge in [0.15, 0.2) is 0 Å². The Kier molecular flexibility index (Phi) is 4.44. The van der Waals surface area contributed by atoms with Gasteiger partial charge in [-0.05, 0) is 50.3 Å². The molecule has 1 heterocycles. The third-order valence-electron chi connectivity index (χ3n) is 4.63. The van der Waals surface area contributed by atoms with Crippen LogP contribution in [0.3, 0.4) is 0 Å². The first-order valence-corrected chi connectivity index (χ1v) is 8.01. The molecule has 0 radical (unpaired) electrons. The van der Waals surface area contributed by atoms with Crippen molar-refractivity contribution in [3.8, 4) is 5.75 Å². The third-order valence-corrected chi connectivity index (χ3v) is 4.63. The third kappa shape index (κ3) is 3.05. The molecule has 1 saturated carbocycles. The number of ether oxygens (including phenoxy) is 1. The average Bonchev–Trinajstić information content (AvgIpc) is 2.48. The van der Waals surface area contributed by atoms with Crippen molar-refractivity contribution in [2.75, 3.05) is 19.7 Å². The van der Waals surface area contributed by atoms with Crippen molar-refractivity contribution in [3.63, 3.8) is 0 Å². The monoisotopic (exact) mass is 288 g/mol. The molecular formula is C17H24N2O2. The summed E-state index contributed by atoms with van der Waals surface area (Å²) in [6.07, 6.45) is 5.19. The minimum atomic E-state index is -0.0433. The lowest BCUT2D eigenvalue weighted by molar-refractivity contribution is -0.141. The molecule has 0 saturated heterocycles. The van der Waals surface area contributed by atoms with Crippen LogP contribution in [-0.2, 0) is 11.2 Å². The standard InChI is InChI=1S/C17H24N2O2/c18-9-4-10-19(15-6-3-7-15)17(20)14-11-13-5-1-2-8-16(13)21-12-14/h1-2,5,8,14-15H,3-4,6-7,9-12,18H2. The summed E-state index contributed by atoms with van der Waals surface area (Å²) in [7, 11) is 0. The van der Waals surface area contributed by atoms with E-state index >= 15 is 0 Å². The van der Waals surface area contributed by atoms with Crippen molar-refractivity contribution in [2.24, 2.45) is 11.7 Å². The van der Waals surface area contributed by atoms with Gasteiger partial charge in [-0.3, -0.25) is 4.79 Å². The predicted octanol–water partition coefficient (Wildman–Crippen LogP) is 1.97. The molecule has 2 aliphatic rings. The normalized spacial score (nSPS) is 21.1. The maximum absolute atomic E-state index is 12.9. The maximum atomic E-state index is 12.9. The van der Waals surface area contributed by atoms with Gasteiger partial charge in [-0.2, -0.15) is 0 Å². The molecule has 2 N–H and O–H groups in total. The van der Waals surface area contributed by atoms with E-state index in [-0.39, 0.29) is 11.8 Å². The first kappa shape index (κ1) is 14.4.